The number of Topliss-reactive ketones (excluding diaryl/α,β-unsaturated/α-hetero) is 1. The van der Waals surface area contributed by atoms with E-state index >= 15 is 0 Å². The van der Waals surface area contributed by atoms with Gasteiger partial charge in [-0.25, -0.2) is 0 Å². The monoisotopic (exact) mass is 237 g/mol. The van der Waals surface area contributed by atoms with Crippen LogP contribution in [0.1, 0.15) is 16.8 Å². The summed E-state index contributed by atoms with van der Waals surface area (Å²) in [6.45, 7) is 0.743. The van der Waals surface area contributed by atoms with E-state index in [-0.39, 0.29) is 5.78 Å². The molecule has 0 spiro atoms. The Bertz CT molecular complexity index is 388. The average Bonchev–Trinajstić information content (AvgIpc) is 2.34. The fourth-order valence-electron chi connectivity index (χ4n) is 1.48. The van der Waals surface area contributed by atoms with E-state index < -0.39 is 0 Å². The smallest absolute Gasteiger partial charge is 0.164 e. The van der Waals surface area contributed by atoms with Crippen molar-refractivity contribution in [1.82, 2.24) is 4.90 Å². The maximum Gasteiger partial charge on any atom is 0.164 e. The van der Waals surface area contributed by atoms with Crippen LogP contribution in [-0.2, 0) is 0 Å². The molecular weight excluding hydrogens is 218 g/mol. The van der Waals surface area contributed by atoms with E-state index in [1.807, 2.05) is 19.0 Å². The molecule has 0 heterocycles. The molecule has 0 aliphatic carbocycles. The average molecular weight is 237 g/mol. The first-order valence-corrected chi connectivity index (χ1v) is 5.48. The maximum atomic E-state index is 11.9. The van der Waals surface area contributed by atoms with Crippen LogP contribution in [0.3, 0.4) is 0 Å². The van der Waals surface area contributed by atoms with Crippen molar-refractivity contribution in [3.05, 3.63) is 23.8 Å². The topological polar surface area (TPSA) is 38.8 Å². The number of ketones is 1. The predicted octanol–water partition coefficient (Wildman–Crippen LogP) is 1.84. The molecule has 0 N–H and O–H groups in total. The molecule has 0 saturated heterocycles. The van der Waals surface area contributed by atoms with E-state index in [2.05, 4.69) is 0 Å². The van der Waals surface area contributed by atoms with Gasteiger partial charge in [0.15, 0.2) is 17.3 Å². The zero-order valence-electron chi connectivity index (χ0n) is 10.8. The van der Waals surface area contributed by atoms with Crippen LogP contribution in [-0.4, -0.2) is 45.5 Å². The molecule has 0 aliphatic heterocycles. The van der Waals surface area contributed by atoms with Crippen molar-refractivity contribution in [3.63, 3.8) is 0 Å². The number of hydrogen-bond acceptors (Lipinski definition) is 4. The molecule has 0 atom stereocenters. The summed E-state index contributed by atoms with van der Waals surface area (Å²) in [5.41, 5.74) is 0.657. The second-order valence-corrected chi connectivity index (χ2v) is 4.05. The molecular formula is C13H19NO3. The Labute approximate surface area is 102 Å². The first-order valence-electron chi connectivity index (χ1n) is 5.48. The molecule has 0 aliphatic rings. The summed E-state index contributed by atoms with van der Waals surface area (Å²) in [7, 11) is 7.03. The minimum absolute atomic E-state index is 0.111. The summed E-state index contributed by atoms with van der Waals surface area (Å²) in [6.07, 6.45) is 0.502. The zero-order valence-corrected chi connectivity index (χ0v) is 10.8. The Kier molecular flexibility index (Phi) is 4.97. The summed E-state index contributed by atoms with van der Waals surface area (Å²) in [6, 6.07) is 5.23. The minimum Gasteiger partial charge on any atom is -0.493 e. The van der Waals surface area contributed by atoms with Crippen LogP contribution in [0.25, 0.3) is 0 Å². The largest absolute Gasteiger partial charge is 0.493 e. The SMILES string of the molecule is COc1ccc(C(=O)CCN(C)C)cc1OC. The van der Waals surface area contributed by atoms with E-state index in [9.17, 15) is 4.79 Å². The van der Waals surface area contributed by atoms with E-state index in [0.717, 1.165) is 6.54 Å². The Balaban J connectivity index is 2.81. The predicted molar refractivity (Wildman–Crippen MR) is 67.0 cm³/mol. The molecule has 0 radical (unpaired) electrons. The van der Waals surface area contributed by atoms with Crippen molar-refractivity contribution in [2.24, 2.45) is 0 Å². The summed E-state index contributed by atoms with van der Waals surface area (Å²) in [5.74, 6) is 1.33. The van der Waals surface area contributed by atoms with Gasteiger partial charge in [-0.3, -0.25) is 4.79 Å². The number of methoxy groups -OCH3 is 2. The Morgan fingerprint density at radius 1 is 1.18 bits per heavy atom. The van der Waals surface area contributed by atoms with Crippen LogP contribution in [0.2, 0.25) is 0 Å². The van der Waals surface area contributed by atoms with Gasteiger partial charge in [0.2, 0.25) is 0 Å². The zero-order chi connectivity index (χ0) is 12.8. The first kappa shape index (κ1) is 13.5. The van der Waals surface area contributed by atoms with Crippen molar-refractivity contribution in [2.45, 2.75) is 6.42 Å². The van der Waals surface area contributed by atoms with Crippen LogP contribution >= 0.6 is 0 Å². The van der Waals surface area contributed by atoms with Crippen LogP contribution in [0.4, 0.5) is 0 Å². The van der Waals surface area contributed by atoms with Crippen molar-refractivity contribution in [3.8, 4) is 11.5 Å². The first-order chi connectivity index (χ1) is 8.08. The number of benzene rings is 1. The van der Waals surface area contributed by atoms with Crippen LogP contribution in [0.15, 0.2) is 18.2 Å². The molecule has 94 valence electrons. The van der Waals surface area contributed by atoms with E-state index in [1.54, 1.807) is 32.4 Å². The second kappa shape index (κ2) is 6.25. The molecule has 1 aromatic rings. The highest BCUT2D eigenvalue weighted by atomic mass is 16.5. The third-order valence-electron chi connectivity index (χ3n) is 2.49. The van der Waals surface area contributed by atoms with Gasteiger partial charge in [-0.2, -0.15) is 0 Å². The van der Waals surface area contributed by atoms with Crippen molar-refractivity contribution in [1.29, 1.82) is 0 Å². The highest BCUT2D eigenvalue weighted by Gasteiger charge is 2.10. The molecule has 1 rings (SSSR count). The Hall–Kier alpha value is -1.55. The quantitative estimate of drug-likeness (QED) is 0.708. The normalized spacial score (nSPS) is 10.4. The number of nitrogens with zero attached hydrogens (tertiary/aromatic N) is 1. The number of carbonyl (C=O) groups excluding carboxylic acids is 1. The van der Waals surface area contributed by atoms with Crippen LogP contribution in [0.5, 0.6) is 11.5 Å². The summed E-state index contributed by atoms with van der Waals surface area (Å²) in [4.78, 5) is 13.9. The molecule has 0 fully saturated rings. The molecule has 4 nitrogen and oxygen atoms in total. The van der Waals surface area contributed by atoms with Gasteiger partial charge in [0.05, 0.1) is 14.2 Å². The summed E-state index contributed by atoms with van der Waals surface area (Å²) in [5, 5.41) is 0. The highest BCUT2D eigenvalue weighted by molar-refractivity contribution is 5.96. The Morgan fingerprint density at radius 2 is 1.82 bits per heavy atom. The molecule has 0 amide bonds. The van der Waals surface area contributed by atoms with Gasteiger partial charge in [0, 0.05) is 18.5 Å². The maximum absolute atomic E-state index is 11.9. The molecule has 0 aromatic heterocycles. The molecule has 0 bridgehead atoms. The fourth-order valence-corrected chi connectivity index (χ4v) is 1.48. The standard InChI is InChI=1S/C13H19NO3/c1-14(2)8-7-11(15)10-5-6-12(16-3)13(9-10)17-4/h5-6,9H,7-8H2,1-4H3. The molecule has 17 heavy (non-hydrogen) atoms. The minimum atomic E-state index is 0.111. The van der Waals surface area contributed by atoms with Crippen molar-refractivity contribution < 1.29 is 14.3 Å². The van der Waals surface area contributed by atoms with Crippen LogP contribution in [0, 0.1) is 0 Å². The van der Waals surface area contributed by atoms with Gasteiger partial charge in [0.25, 0.3) is 0 Å². The molecule has 0 unspecified atom stereocenters. The number of hydrogen-bond donors (Lipinski definition) is 0. The number of carbonyl (C=O) groups is 1. The van der Waals surface area contributed by atoms with Gasteiger partial charge >= 0.3 is 0 Å². The van der Waals surface area contributed by atoms with Crippen molar-refractivity contribution in [2.75, 3.05) is 34.9 Å². The highest BCUT2D eigenvalue weighted by Crippen LogP contribution is 2.27. The fraction of sp³-hybridized carbons (Fsp3) is 0.462. The van der Waals surface area contributed by atoms with Gasteiger partial charge in [-0.1, -0.05) is 0 Å². The van der Waals surface area contributed by atoms with E-state index in [1.165, 1.54) is 0 Å². The number of ether oxygens (including phenoxy) is 2. The molecule has 4 heteroatoms. The lowest BCUT2D eigenvalue weighted by atomic mass is 10.1. The lowest BCUT2D eigenvalue weighted by Gasteiger charge is -2.10. The van der Waals surface area contributed by atoms with Crippen LogP contribution < -0.4 is 9.47 Å². The third kappa shape index (κ3) is 3.75. The lowest BCUT2D eigenvalue weighted by molar-refractivity contribution is 0.0972. The second-order valence-electron chi connectivity index (χ2n) is 4.05. The molecule has 1 aromatic carbocycles. The van der Waals surface area contributed by atoms with Gasteiger partial charge < -0.3 is 14.4 Å². The summed E-state index contributed by atoms with van der Waals surface area (Å²) < 4.78 is 10.3. The van der Waals surface area contributed by atoms with E-state index in [4.69, 9.17) is 9.47 Å². The number of rotatable bonds is 6. The van der Waals surface area contributed by atoms with Crippen molar-refractivity contribution >= 4 is 5.78 Å². The molecule has 0 saturated carbocycles. The van der Waals surface area contributed by atoms with Gasteiger partial charge in [-0.15, -0.1) is 0 Å². The lowest BCUT2D eigenvalue weighted by Crippen LogP contribution is -2.16. The van der Waals surface area contributed by atoms with Gasteiger partial charge in [0.1, 0.15) is 0 Å². The third-order valence-corrected chi connectivity index (χ3v) is 2.49. The van der Waals surface area contributed by atoms with Gasteiger partial charge in [-0.05, 0) is 32.3 Å². The Morgan fingerprint density at radius 3 is 2.35 bits per heavy atom. The van der Waals surface area contributed by atoms with E-state index in [0.29, 0.717) is 23.5 Å². The summed E-state index contributed by atoms with van der Waals surface area (Å²) >= 11 is 0.